The number of aromatic nitrogens is 2. The molecule has 1 amide bonds. The summed E-state index contributed by atoms with van der Waals surface area (Å²) in [7, 11) is -0.691. The number of benzene rings is 1. The van der Waals surface area contributed by atoms with E-state index < -0.39 is 15.9 Å². The van der Waals surface area contributed by atoms with E-state index in [4.69, 9.17) is 11.6 Å². The van der Waals surface area contributed by atoms with E-state index in [9.17, 15) is 13.2 Å². The molecule has 112 valence electrons. The highest BCUT2D eigenvalue weighted by atomic mass is 35.5. The number of hydrogen-bond donors (Lipinski definition) is 1. The van der Waals surface area contributed by atoms with Gasteiger partial charge in [-0.1, -0.05) is 17.4 Å². The average molecular weight is 347 g/mol. The molecule has 1 N–H and O–H groups in total. The Hall–Kier alpha value is -1.55. The summed E-state index contributed by atoms with van der Waals surface area (Å²) in [5, 5.41) is 9.79. The molecule has 0 fully saturated rings. The predicted molar refractivity (Wildman–Crippen MR) is 80.2 cm³/mol. The molecule has 2 aromatic rings. The zero-order valence-corrected chi connectivity index (χ0v) is 13.5. The zero-order chi connectivity index (χ0) is 15.6. The lowest BCUT2D eigenvalue weighted by Crippen LogP contribution is -2.22. The number of amides is 1. The minimum atomic E-state index is -3.56. The Kier molecular flexibility index (Phi) is 4.57. The standard InChI is InChI=1S/C11H11ClN4O3S2/c1-16(2)21(18,19)8-5-3-4-7(6-8)13-9(17)10-14-15-11(12)20-10/h3-6H,1-2H3,(H,13,17). The molecule has 0 radical (unpaired) electrons. The first-order chi connectivity index (χ1) is 9.80. The lowest BCUT2D eigenvalue weighted by atomic mass is 10.3. The molecule has 0 atom stereocenters. The Bertz CT molecular complexity index is 773. The van der Waals surface area contributed by atoms with Crippen molar-refractivity contribution in [3.8, 4) is 0 Å². The van der Waals surface area contributed by atoms with E-state index in [1.807, 2.05) is 0 Å². The van der Waals surface area contributed by atoms with E-state index in [2.05, 4.69) is 15.5 Å². The third-order valence-electron chi connectivity index (χ3n) is 2.47. The molecule has 0 aliphatic heterocycles. The lowest BCUT2D eigenvalue weighted by Gasteiger charge is -2.12. The van der Waals surface area contributed by atoms with Crippen molar-refractivity contribution in [2.24, 2.45) is 0 Å². The SMILES string of the molecule is CN(C)S(=O)(=O)c1cccc(NC(=O)c2nnc(Cl)s2)c1. The van der Waals surface area contributed by atoms with Crippen LogP contribution in [0.1, 0.15) is 9.80 Å². The van der Waals surface area contributed by atoms with Gasteiger partial charge in [-0.15, -0.1) is 10.2 Å². The summed E-state index contributed by atoms with van der Waals surface area (Å²) in [5.74, 6) is -0.501. The molecule has 1 heterocycles. The van der Waals surface area contributed by atoms with Gasteiger partial charge in [-0.2, -0.15) is 0 Å². The third kappa shape index (κ3) is 3.56. The number of nitrogens with one attached hydrogen (secondary N) is 1. The Balaban J connectivity index is 2.25. The Morgan fingerprint density at radius 1 is 1.33 bits per heavy atom. The van der Waals surface area contributed by atoms with Gasteiger partial charge in [-0.3, -0.25) is 4.79 Å². The van der Waals surface area contributed by atoms with Crippen LogP contribution in [0.3, 0.4) is 0 Å². The van der Waals surface area contributed by atoms with Crippen molar-refractivity contribution in [1.29, 1.82) is 0 Å². The van der Waals surface area contributed by atoms with E-state index in [-0.39, 0.29) is 14.4 Å². The third-order valence-corrected chi connectivity index (χ3v) is 5.29. The van der Waals surface area contributed by atoms with Gasteiger partial charge in [0.15, 0.2) is 0 Å². The largest absolute Gasteiger partial charge is 0.320 e. The number of rotatable bonds is 4. The molecule has 0 saturated heterocycles. The highest BCUT2D eigenvalue weighted by Gasteiger charge is 2.18. The van der Waals surface area contributed by atoms with Crippen LogP contribution in [0.5, 0.6) is 0 Å². The topological polar surface area (TPSA) is 92.3 Å². The summed E-state index contributed by atoms with van der Waals surface area (Å²) >= 11 is 6.54. The molecule has 21 heavy (non-hydrogen) atoms. The molecule has 0 unspecified atom stereocenters. The van der Waals surface area contributed by atoms with Gasteiger partial charge in [0, 0.05) is 19.8 Å². The molecular formula is C11H11ClN4O3S2. The van der Waals surface area contributed by atoms with Crippen molar-refractivity contribution in [2.45, 2.75) is 4.90 Å². The second-order valence-corrected chi connectivity index (χ2v) is 7.84. The molecular weight excluding hydrogens is 336 g/mol. The Morgan fingerprint density at radius 2 is 2.05 bits per heavy atom. The molecule has 1 aromatic carbocycles. The fourth-order valence-electron chi connectivity index (χ4n) is 1.43. The van der Waals surface area contributed by atoms with Gasteiger partial charge in [0.1, 0.15) is 0 Å². The van der Waals surface area contributed by atoms with Crippen molar-refractivity contribution in [1.82, 2.24) is 14.5 Å². The van der Waals surface area contributed by atoms with Gasteiger partial charge >= 0.3 is 0 Å². The molecule has 0 spiro atoms. The number of anilines is 1. The Labute approximate surface area is 130 Å². The van der Waals surface area contributed by atoms with Crippen molar-refractivity contribution in [3.63, 3.8) is 0 Å². The second kappa shape index (κ2) is 6.06. The van der Waals surface area contributed by atoms with E-state index in [0.717, 1.165) is 15.6 Å². The maximum atomic E-state index is 12.0. The van der Waals surface area contributed by atoms with Crippen LogP contribution < -0.4 is 5.32 Å². The van der Waals surface area contributed by atoms with Gasteiger partial charge < -0.3 is 5.32 Å². The van der Waals surface area contributed by atoms with E-state index in [0.29, 0.717) is 5.69 Å². The fourth-order valence-corrected chi connectivity index (χ4v) is 3.10. The van der Waals surface area contributed by atoms with Gasteiger partial charge in [-0.25, -0.2) is 12.7 Å². The maximum Gasteiger partial charge on any atom is 0.286 e. The van der Waals surface area contributed by atoms with Crippen molar-refractivity contribution in [3.05, 3.63) is 33.7 Å². The molecule has 10 heteroatoms. The molecule has 7 nitrogen and oxygen atoms in total. The molecule has 2 rings (SSSR count). The van der Waals surface area contributed by atoms with Crippen LogP contribution in [0.2, 0.25) is 4.47 Å². The predicted octanol–water partition coefficient (Wildman–Crippen LogP) is 1.69. The van der Waals surface area contributed by atoms with Crippen LogP contribution in [0.4, 0.5) is 5.69 Å². The lowest BCUT2D eigenvalue weighted by molar-refractivity contribution is 0.102. The summed E-state index contributed by atoms with van der Waals surface area (Å²) in [6.45, 7) is 0. The smallest absolute Gasteiger partial charge is 0.286 e. The normalized spacial score (nSPS) is 11.6. The summed E-state index contributed by atoms with van der Waals surface area (Å²) < 4.78 is 25.3. The molecule has 0 saturated carbocycles. The van der Waals surface area contributed by atoms with Crippen molar-refractivity contribution < 1.29 is 13.2 Å². The molecule has 1 aromatic heterocycles. The minimum Gasteiger partial charge on any atom is -0.320 e. The number of nitrogens with zero attached hydrogens (tertiary/aromatic N) is 3. The number of hydrogen-bond acceptors (Lipinski definition) is 6. The van der Waals surface area contributed by atoms with Crippen LogP contribution in [-0.4, -0.2) is 42.9 Å². The monoisotopic (exact) mass is 346 g/mol. The summed E-state index contributed by atoms with van der Waals surface area (Å²) in [6, 6.07) is 5.94. The number of carbonyl (C=O) groups excluding carboxylic acids is 1. The highest BCUT2D eigenvalue weighted by molar-refractivity contribution is 7.89. The first kappa shape index (κ1) is 15.8. The maximum absolute atomic E-state index is 12.0. The van der Waals surface area contributed by atoms with E-state index in [1.165, 1.54) is 26.2 Å². The van der Waals surface area contributed by atoms with E-state index >= 15 is 0 Å². The van der Waals surface area contributed by atoms with Crippen molar-refractivity contribution >= 4 is 44.6 Å². The van der Waals surface area contributed by atoms with Gasteiger partial charge in [-0.05, 0) is 29.8 Å². The molecule has 0 bridgehead atoms. The molecule has 0 aliphatic carbocycles. The zero-order valence-electron chi connectivity index (χ0n) is 11.1. The van der Waals surface area contributed by atoms with Crippen LogP contribution in [0.15, 0.2) is 29.2 Å². The highest BCUT2D eigenvalue weighted by Crippen LogP contribution is 2.20. The van der Waals surface area contributed by atoms with Crippen LogP contribution in [0, 0.1) is 0 Å². The first-order valence-electron chi connectivity index (χ1n) is 5.63. The Morgan fingerprint density at radius 3 is 2.62 bits per heavy atom. The van der Waals surface area contributed by atoms with Crippen LogP contribution in [0.25, 0.3) is 0 Å². The van der Waals surface area contributed by atoms with Gasteiger partial charge in [0.05, 0.1) is 4.90 Å². The average Bonchev–Trinajstić information content (AvgIpc) is 2.85. The number of carbonyl (C=O) groups is 1. The van der Waals surface area contributed by atoms with Gasteiger partial charge in [0.25, 0.3) is 5.91 Å². The van der Waals surface area contributed by atoms with Crippen molar-refractivity contribution in [2.75, 3.05) is 19.4 Å². The number of sulfonamides is 1. The van der Waals surface area contributed by atoms with Gasteiger partial charge in [0.2, 0.25) is 19.5 Å². The minimum absolute atomic E-state index is 0.0839. The fraction of sp³-hybridized carbons (Fsp3) is 0.182. The number of halogens is 1. The quantitative estimate of drug-likeness (QED) is 0.909. The van der Waals surface area contributed by atoms with E-state index in [1.54, 1.807) is 12.1 Å². The van der Waals surface area contributed by atoms with Crippen LogP contribution >= 0.6 is 22.9 Å². The molecule has 0 aliphatic rings. The first-order valence-corrected chi connectivity index (χ1v) is 8.27. The second-order valence-electron chi connectivity index (χ2n) is 4.13. The summed E-state index contributed by atoms with van der Waals surface area (Å²) in [5.41, 5.74) is 0.342. The summed E-state index contributed by atoms with van der Waals surface area (Å²) in [4.78, 5) is 12.0. The summed E-state index contributed by atoms with van der Waals surface area (Å²) in [6.07, 6.45) is 0. The van der Waals surface area contributed by atoms with Crippen LogP contribution in [-0.2, 0) is 10.0 Å².